The molecule has 0 radical (unpaired) electrons. The second-order valence-electron chi connectivity index (χ2n) is 7.17. The molecule has 0 amide bonds. The van der Waals surface area contributed by atoms with Crippen LogP contribution in [-0.4, -0.2) is 5.75 Å². The van der Waals surface area contributed by atoms with Crippen molar-refractivity contribution in [1.82, 2.24) is 0 Å². The van der Waals surface area contributed by atoms with Crippen LogP contribution >= 0.6 is 23.5 Å². The molecule has 0 bridgehead atoms. The number of hydrogen-bond donors (Lipinski definition) is 0. The number of hydrogen-bond acceptors (Lipinski definition) is 3. The molecule has 0 aromatic heterocycles. The summed E-state index contributed by atoms with van der Waals surface area (Å²) >= 11 is 3.06. The fourth-order valence-electron chi connectivity index (χ4n) is 3.00. The molecule has 0 heterocycles. The van der Waals surface area contributed by atoms with Crippen LogP contribution < -0.4 is 0 Å². The van der Waals surface area contributed by atoms with E-state index in [2.05, 4.69) is 79.3 Å². The molecule has 3 heteroatoms. The minimum Gasteiger partial charge on any atom is -0.185 e. The van der Waals surface area contributed by atoms with E-state index in [-0.39, 0.29) is 0 Å². The summed E-state index contributed by atoms with van der Waals surface area (Å²) in [5.74, 6) is 14.3. The van der Waals surface area contributed by atoms with E-state index >= 15 is 0 Å². The number of nitriles is 1. The van der Waals surface area contributed by atoms with Gasteiger partial charge in [-0.2, -0.15) is 5.26 Å². The number of benzene rings is 3. The van der Waals surface area contributed by atoms with E-state index in [1.54, 1.807) is 0 Å². The van der Waals surface area contributed by atoms with Gasteiger partial charge in [0.15, 0.2) is 0 Å². The summed E-state index contributed by atoms with van der Waals surface area (Å²) in [5, 5.41) is 10.8. The van der Waals surface area contributed by atoms with Crippen molar-refractivity contribution < 1.29 is 0 Å². The van der Waals surface area contributed by atoms with E-state index < -0.39 is 0 Å². The van der Waals surface area contributed by atoms with Gasteiger partial charge in [-0.05, 0) is 103 Å². The number of unbranched alkanes of at least 4 members (excludes halogenated alkanes) is 1. The molecule has 0 spiro atoms. The zero-order valence-corrected chi connectivity index (χ0v) is 20.1. The Bertz CT molecular complexity index is 1190. The first-order valence-corrected chi connectivity index (χ1v) is 12.6. The van der Waals surface area contributed by atoms with Crippen molar-refractivity contribution in [3.63, 3.8) is 0 Å². The second kappa shape index (κ2) is 12.7. The van der Waals surface area contributed by atoms with Crippen molar-refractivity contribution in [1.29, 1.82) is 5.26 Å². The van der Waals surface area contributed by atoms with E-state index in [9.17, 15) is 0 Å². The Hall–Kier alpha value is -3.03. The Balaban J connectivity index is 1.70. The van der Waals surface area contributed by atoms with Crippen LogP contribution in [-0.2, 0) is 6.42 Å². The van der Waals surface area contributed by atoms with Crippen LogP contribution in [0.2, 0.25) is 0 Å². The fraction of sp³-hybridized carbons (Fsp3) is 0.207. The lowest BCUT2D eigenvalue weighted by molar-refractivity contribution is 0.896. The van der Waals surface area contributed by atoms with E-state index in [1.165, 1.54) is 29.1 Å². The third kappa shape index (κ3) is 7.28. The molecule has 158 valence electrons. The second-order valence-corrected chi connectivity index (χ2v) is 9.20. The average molecular weight is 452 g/mol. The van der Waals surface area contributed by atoms with Gasteiger partial charge in [-0.15, -0.1) is 11.8 Å². The van der Waals surface area contributed by atoms with Crippen LogP contribution in [0.4, 0.5) is 0 Å². The Kier molecular flexibility index (Phi) is 9.40. The standard InChI is InChI=1S/C29H25NS2/c1-3-5-20-31-28-16-10-23(11-17-28)6-7-25-9-15-27(26(4-2)21-25)14-8-24-12-18-29(19-13-24)32-22-30/h9-13,15-19,21H,3-5,20H2,1-2H3. The molecule has 0 aliphatic heterocycles. The minimum absolute atomic E-state index is 0.904. The minimum atomic E-state index is 0.904. The lowest BCUT2D eigenvalue weighted by atomic mass is 10.0. The highest BCUT2D eigenvalue weighted by Crippen LogP contribution is 2.20. The first kappa shape index (κ1) is 23.6. The third-order valence-electron chi connectivity index (χ3n) is 4.82. The van der Waals surface area contributed by atoms with Gasteiger partial charge in [-0.25, -0.2) is 0 Å². The average Bonchev–Trinajstić information content (AvgIpc) is 2.83. The summed E-state index contributed by atoms with van der Waals surface area (Å²) in [7, 11) is 0. The maximum Gasteiger partial charge on any atom is 0.138 e. The van der Waals surface area contributed by atoms with E-state index in [1.807, 2.05) is 42.1 Å². The van der Waals surface area contributed by atoms with Crippen molar-refractivity contribution in [2.75, 3.05) is 5.75 Å². The normalized spacial score (nSPS) is 9.78. The van der Waals surface area contributed by atoms with Crippen molar-refractivity contribution in [3.8, 4) is 29.1 Å². The smallest absolute Gasteiger partial charge is 0.138 e. The summed E-state index contributed by atoms with van der Waals surface area (Å²) in [5.41, 5.74) is 5.21. The topological polar surface area (TPSA) is 23.8 Å². The molecule has 0 saturated carbocycles. The molecule has 0 N–H and O–H groups in total. The highest BCUT2D eigenvalue weighted by atomic mass is 32.2. The maximum absolute atomic E-state index is 8.75. The first-order chi connectivity index (χ1) is 15.7. The maximum atomic E-state index is 8.75. The molecule has 3 rings (SSSR count). The van der Waals surface area contributed by atoms with Gasteiger partial charge in [0.05, 0.1) is 0 Å². The van der Waals surface area contributed by atoms with Crippen LogP contribution in [0.5, 0.6) is 0 Å². The number of aryl methyl sites for hydroxylation is 1. The summed E-state index contributed by atoms with van der Waals surface area (Å²) in [6.45, 7) is 4.36. The van der Waals surface area contributed by atoms with Crippen LogP contribution in [0.25, 0.3) is 0 Å². The molecule has 0 aliphatic carbocycles. The molecule has 0 fully saturated rings. The molecule has 0 unspecified atom stereocenters. The third-order valence-corrected chi connectivity index (χ3v) is 6.52. The Morgan fingerprint density at radius 3 is 1.94 bits per heavy atom. The summed E-state index contributed by atoms with van der Waals surface area (Å²) in [6, 6.07) is 22.5. The van der Waals surface area contributed by atoms with E-state index in [0.29, 0.717) is 0 Å². The van der Waals surface area contributed by atoms with Gasteiger partial charge < -0.3 is 0 Å². The Morgan fingerprint density at radius 1 is 0.719 bits per heavy atom. The Labute approximate surface area is 200 Å². The summed E-state index contributed by atoms with van der Waals surface area (Å²) in [6.07, 6.45) is 3.39. The van der Waals surface area contributed by atoms with Crippen molar-refractivity contribution in [3.05, 3.63) is 94.5 Å². The van der Waals surface area contributed by atoms with E-state index in [4.69, 9.17) is 5.26 Å². The molecule has 0 aliphatic rings. The van der Waals surface area contributed by atoms with Crippen LogP contribution in [0.3, 0.4) is 0 Å². The van der Waals surface area contributed by atoms with Gasteiger partial charge in [-0.1, -0.05) is 44.0 Å². The predicted molar refractivity (Wildman–Crippen MR) is 138 cm³/mol. The first-order valence-electron chi connectivity index (χ1n) is 10.8. The van der Waals surface area contributed by atoms with Gasteiger partial charge in [0.25, 0.3) is 0 Å². The monoisotopic (exact) mass is 451 g/mol. The molecular formula is C29H25NS2. The fourth-order valence-corrected chi connectivity index (χ4v) is 4.37. The van der Waals surface area contributed by atoms with Crippen molar-refractivity contribution in [2.45, 2.75) is 42.9 Å². The quantitative estimate of drug-likeness (QED) is 0.168. The lowest BCUT2D eigenvalue weighted by Gasteiger charge is -2.02. The van der Waals surface area contributed by atoms with E-state index in [0.717, 1.165) is 45.3 Å². The number of thiocyanates is 1. The Morgan fingerprint density at radius 2 is 1.31 bits per heavy atom. The molecule has 32 heavy (non-hydrogen) atoms. The van der Waals surface area contributed by atoms with Gasteiger partial charge >= 0.3 is 0 Å². The van der Waals surface area contributed by atoms with Crippen molar-refractivity contribution >= 4 is 23.5 Å². The van der Waals surface area contributed by atoms with Crippen LogP contribution in [0.1, 0.15) is 54.5 Å². The zero-order valence-electron chi connectivity index (χ0n) is 18.4. The van der Waals surface area contributed by atoms with Crippen LogP contribution in [0.15, 0.2) is 76.5 Å². The van der Waals surface area contributed by atoms with Crippen molar-refractivity contribution in [2.24, 2.45) is 0 Å². The van der Waals surface area contributed by atoms with Crippen LogP contribution in [0, 0.1) is 34.3 Å². The molecular weight excluding hydrogens is 426 g/mol. The molecule has 3 aromatic carbocycles. The molecule has 3 aromatic rings. The molecule has 0 saturated heterocycles. The summed E-state index contributed by atoms with van der Waals surface area (Å²) < 4.78 is 0. The predicted octanol–water partition coefficient (Wildman–Crippen LogP) is 7.51. The number of rotatable bonds is 6. The highest BCUT2D eigenvalue weighted by Gasteiger charge is 2.00. The van der Waals surface area contributed by atoms with Gasteiger partial charge in [0.1, 0.15) is 5.40 Å². The highest BCUT2D eigenvalue weighted by molar-refractivity contribution is 8.03. The molecule has 1 nitrogen and oxygen atoms in total. The lowest BCUT2D eigenvalue weighted by Crippen LogP contribution is -1.89. The zero-order chi connectivity index (χ0) is 22.6. The van der Waals surface area contributed by atoms with Gasteiger partial charge in [0, 0.05) is 32.0 Å². The largest absolute Gasteiger partial charge is 0.185 e. The number of nitrogens with zero attached hydrogens (tertiary/aromatic N) is 1. The SMILES string of the molecule is CCCCSc1ccc(C#Cc2ccc(C#Cc3ccc(SC#N)cc3)c(CC)c2)cc1. The number of thioether (sulfide) groups is 2. The molecule has 0 atom stereocenters. The van der Waals surface area contributed by atoms with Gasteiger partial charge in [-0.3, -0.25) is 0 Å². The summed E-state index contributed by atoms with van der Waals surface area (Å²) in [4.78, 5) is 2.23. The van der Waals surface area contributed by atoms with Gasteiger partial charge in [0.2, 0.25) is 0 Å².